The molecule has 21 heavy (non-hydrogen) atoms. The third-order valence-corrected chi connectivity index (χ3v) is 5.13. The van der Waals surface area contributed by atoms with E-state index in [1.54, 1.807) is 12.1 Å². The van der Waals surface area contributed by atoms with Crippen LogP contribution in [0.5, 0.6) is 0 Å². The molecule has 3 nitrogen and oxygen atoms in total. The fourth-order valence-corrected chi connectivity index (χ4v) is 3.40. The van der Waals surface area contributed by atoms with Crippen molar-refractivity contribution in [2.24, 2.45) is 0 Å². The molecule has 0 fully saturated rings. The third-order valence-electron chi connectivity index (χ3n) is 4.00. The second kappa shape index (κ2) is 5.11. The quantitative estimate of drug-likeness (QED) is 0.816. The molecule has 2 aromatic carbocycles. The van der Waals surface area contributed by atoms with Crippen LogP contribution in [0.15, 0.2) is 53.4 Å². The number of hydrogen-bond donors (Lipinski definition) is 0. The van der Waals surface area contributed by atoms with Crippen molar-refractivity contribution >= 4 is 15.6 Å². The maximum Gasteiger partial charge on any atom is 0.175 e. The van der Waals surface area contributed by atoms with E-state index in [4.69, 9.17) is 0 Å². The first-order valence-corrected chi connectivity index (χ1v) is 8.75. The molecule has 108 valence electrons. The maximum atomic E-state index is 12.3. The Morgan fingerprint density at radius 1 is 1.10 bits per heavy atom. The predicted octanol–water partition coefficient (Wildman–Crippen LogP) is 3.00. The Hall–Kier alpha value is -1.94. The van der Waals surface area contributed by atoms with Crippen LogP contribution in [-0.4, -0.2) is 20.5 Å². The van der Waals surface area contributed by atoms with E-state index in [9.17, 15) is 13.2 Å². The number of Topliss-reactive ketones (excluding diaryl/α,β-unsaturated/α-hetero) is 1. The zero-order chi connectivity index (χ0) is 15.0. The first-order chi connectivity index (χ1) is 9.95. The lowest BCUT2D eigenvalue weighted by atomic mass is 9.74. The Balaban J connectivity index is 1.73. The number of benzene rings is 2. The van der Waals surface area contributed by atoms with Gasteiger partial charge in [0.15, 0.2) is 15.6 Å². The van der Waals surface area contributed by atoms with Crippen molar-refractivity contribution in [1.82, 2.24) is 0 Å². The summed E-state index contributed by atoms with van der Waals surface area (Å²) in [6.45, 7) is 0. The molecule has 0 saturated heterocycles. The summed E-state index contributed by atoms with van der Waals surface area (Å²) in [6, 6.07) is 14.4. The molecule has 0 heterocycles. The second-order valence-corrected chi connectivity index (χ2v) is 7.54. The Morgan fingerprint density at radius 3 is 2.38 bits per heavy atom. The van der Waals surface area contributed by atoms with E-state index in [2.05, 4.69) is 12.1 Å². The zero-order valence-electron chi connectivity index (χ0n) is 11.7. The Labute approximate surface area is 124 Å². The predicted molar refractivity (Wildman–Crippen MR) is 81.4 cm³/mol. The topological polar surface area (TPSA) is 51.2 Å². The van der Waals surface area contributed by atoms with Gasteiger partial charge in [0.1, 0.15) is 0 Å². The van der Waals surface area contributed by atoms with E-state index in [1.165, 1.54) is 23.3 Å². The monoisotopic (exact) mass is 300 g/mol. The van der Waals surface area contributed by atoms with Crippen molar-refractivity contribution in [2.45, 2.75) is 23.7 Å². The lowest BCUT2D eigenvalue weighted by Gasteiger charge is -2.29. The fourth-order valence-electron chi connectivity index (χ4n) is 2.77. The Kier molecular flexibility index (Phi) is 3.41. The summed E-state index contributed by atoms with van der Waals surface area (Å²) in [7, 11) is -3.21. The molecular weight excluding hydrogens is 284 g/mol. The zero-order valence-corrected chi connectivity index (χ0v) is 12.6. The first-order valence-electron chi connectivity index (χ1n) is 6.86. The minimum absolute atomic E-state index is 0.0644. The fraction of sp³-hybridized carbons (Fsp3) is 0.235. The van der Waals surface area contributed by atoms with Crippen LogP contribution in [0.25, 0.3) is 0 Å². The van der Waals surface area contributed by atoms with Crippen molar-refractivity contribution in [3.8, 4) is 0 Å². The molecule has 0 aliphatic heterocycles. The Morgan fingerprint density at radius 2 is 1.76 bits per heavy atom. The highest BCUT2D eigenvalue weighted by atomic mass is 32.2. The van der Waals surface area contributed by atoms with Crippen LogP contribution in [0.2, 0.25) is 0 Å². The summed E-state index contributed by atoms with van der Waals surface area (Å²) >= 11 is 0. The van der Waals surface area contributed by atoms with E-state index in [0.29, 0.717) is 17.9 Å². The minimum Gasteiger partial charge on any atom is -0.294 e. The van der Waals surface area contributed by atoms with Gasteiger partial charge in [-0.05, 0) is 35.6 Å². The van der Waals surface area contributed by atoms with Gasteiger partial charge < -0.3 is 0 Å². The van der Waals surface area contributed by atoms with Crippen LogP contribution in [0.1, 0.15) is 33.8 Å². The molecule has 0 bridgehead atoms. The molecule has 0 aromatic heterocycles. The molecule has 0 saturated carbocycles. The van der Waals surface area contributed by atoms with Crippen molar-refractivity contribution < 1.29 is 13.2 Å². The van der Waals surface area contributed by atoms with Crippen LogP contribution in [0.4, 0.5) is 0 Å². The van der Waals surface area contributed by atoms with Gasteiger partial charge in [-0.3, -0.25) is 4.79 Å². The number of carbonyl (C=O) groups excluding carboxylic acids is 1. The molecule has 1 atom stereocenters. The minimum atomic E-state index is -3.21. The largest absolute Gasteiger partial charge is 0.294 e. The maximum absolute atomic E-state index is 12.3. The van der Waals surface area contributed by atoms with Gasteiger partial charge in [0.05, 0.1) is 4.90 Å². The molecule has 3 rings (SSSR count). The van der Waals surface area contributed by atoms with E-state index >= 15 is 0 Å². The number of carbonyl (C=O) groups is 1. The molecule has 1 unspecified atom stereocenters. The molecule has 1 aliphatic carbocycles. The average Bonchev–Trinajstić information content (AvgIpc) is 2.44. The van der Waals surface area contributed by atoms with Gasteiger partial charge in [-0.15, -0.1) is 0 Å². The van der Waals surface area contributed by atoms with Crippen LogP contribution >= 0.6 is 0 Å². The molecule has 0 N–H and O–H groups in total. The van der Waals surface area contributed by atoms with Crippen LogP contribution in [0, 0.1) is 0 Å². The van der Waals surface area contributed by atoms with Gasteiger partial charge in [0, 0.05) is 18.2 Å². The van der Waals surface area contributed by atoms with Gasteiger partial charge in [-0.1, -0.05) is 36.4 Å². The summed E-state index contributed by atoms with van der Waals surface area (Å²) in [5.41, 5.74) is 3.16. The average molecular weight is 300 g/mol. The SMILES string of the molecule is CS(=O)(=O)c1ccc(C(=O)CC2Cc3ccccc32)cc1. The molecule has 0 radical (unpaired) electrons. The standard InChI is InChI=1S/C17H16O3S/c1-21(19,20)15-8-6-12(7-9-15)17(18)11-14-10-13-4-2-3-5-16(13)14/h2-9,14H,10-11H2,1H3. The molecule has 2 aromatic rings. The lowest BCUT2D eigenvalue weighted by molar-refractivity contribution is 0.0970. The number of hydrogen-bond acceptors (Lipinski definition) is 3. The summed E-state index contributed by atoms with van der Waals surface area (Å²) in [4.78, 5) is 12.5. The van der Waals surface area contributed by atoms with Crippen LogP contribution < -0.4 is 0 Å². The second-order valence-electron chi connectivity index (χ2n) is 5.52. The van der Waals surface area contributed by atoms with E-state index in [1.807, 2.05) is 12.1 Å². The number of rotatable bonds is 4. The summed E-state index contributed by atoms with van der Waals surface area (Å²) < 4.78 is 22.8. The molecular formula is C17H16O3S. The van der Waals surface area contributed by atoms with Crippen LogP contribution in [-0.2, 0) is 16.3 Å². The smallest absolute Gasteiger partial charge is 0.175 e. The van der Waals surface area contributed by atoms with E-state index < -0.39 is 9.84 Å². The highest BCUT2D eigenvalue weighted by Gasteiger charge is 2.27. The van der Waals surface area contributed by atoms with Crippen molar-refractivity contribution in [3.05, 3.63) is 65.2 Å². The normalized spacial score (nSPS) is 16.9. The molecule has 0 amide bonds. The van der Waals surface area contributed by atoms with Crippen molar-refractivity contribution in [1.29, 1.82) is 0 Å². The number of fused-ring (bicyclic) bond motifs is 1. The van der Waals surface area contributed by atoms with E-state index in [-0.39, 0.29) is 10.7 Å². The third kappa shape index (κ3) is 2.76. The van der Waals surface area contributed by atoms with Crippen molar-refractivity contribution in [2.75, 3.05) is 6.26 Å². The van der Waals surface area contributed by atoms with Crippen molar-refractivity contribution in [3.63, 3.8) is 0 Å². The highest BCUT2D eigenvalue weighted by Crippen LogP contribution is 2.37. The molecule has 1 aliphatic rings. The van der Waals surface area contributed by atoms with Gasteiger partial charge in [0.2, 0.25) is 0 Å². The van der Waals surface area contributed by atoms with Gasteiger partial charge in [0.25, 0.3) is 0 Å². The summed E-state index contributed by atoms with van der Waals surface area (Å²) in [5, 5.41) is 0. The van der Waals surface area contributed by atoms with Crippen LogP contribution in [0.3, 0.4) is 0 Å². The lowest BCUT2D eigenvalue weighted by Crippen LogP contribution is -2.20. The number of sulfone groups is 1. The number of ketones is 1. The summed E-state index contributed by atoms with van der Waals surface area (Å²) in [5.74, 6) is 0.359. The summed E-state index contributed by atoms with van der Waals surface area (Å²) in [6.07, 6.45) is 2.59. The van der Waals surface area contributed by atoms with E-state index in [0.717, 1.165) is 12.7 Å². The first kappa shape index (κ1) is 14.0. The molecule has 0 spiro atoms. The van der Waals surface area contributed by atoms with Gasteiger partial charge in [-0.2, -0.15) is 0 Å². The van der Waals surface area contributed by atoms with Gasteiger partial charge >= 0.3 is 0 Å². The highest BCUT2D eigenvalue weighted by molar-refractivity contribution is 7.90. The van der Waals surface area contributed by atoms with Gasteiger partial charge in [-0.25, -0.2) is 8.42 Å². The Bertz CT molecular complexity index is 789. The molecule has 4 heteroatoms.